The summed E-state index contributed by atoms with van der Waals surface area (Å²) in [6.07, 6.45) is 6.00. The number of carbonyl (C=O) groups excluding carboxylic acids is 2. The molecule has 1 aromatic heterocycles. The van der Waals surface area contributed by atoms with Crippen LogP contribution in [0.3, 0.4) is 0 Å². The number of amides is 2. The normalized spacial score (nSPS) is 21.6. The molecule has 1 saturated heterocycles. The molecule has 6 heteroatoms. The summed E-state index contributed by atoms with van der Waals surface area (Å²) in [6, 6.07) is 3.57. The van der Waals surface area contributed by atoms with Crippen molar-refractivity contribution in [3.05, 3.63) is 29.6 Å². The molecule has 3 rings (SSSR count). The molecule has 5 nitrogen and oxygen atoms in total. The summed E-state index contributed by atoms with van der Waals surface area (Å²) in [6.45, 7) is 2.39. The molecule has 124 valence electrons. The molecule has 1 atom stereocenters. The van der Waals surface area contributed by atoms with Crippen LogP contribution >= 0.6 is 11.8 Å². The maximum atomic E-state index is 12.6. The Labute approximate surface area is 141 Å². The van der Waals surface area contributed by atoms with Gasteiger partial charge in [0.05, 0.1) is 5.88 Å². The van der Waals surface area contributed by atoms with E-state index in [2.05, 4.69) is 10.3 Å². The summed E-state index contributed by atoms with van der Waals surface area (Å²) < 4.78 is 0. The van der Waals surface area contributed by atoms with Crippen LogP contribution in [0.4, 0.5) is 0 Å². The molecule has 2 fully saturated rings. The maximum Gasteiger partial charge on any atom is 0.243 e. The zero-order valence-corrected chi connectivity index (χ0v) is 14.3. The van der Waals surface area contributed by atoms with Crippen LogP contribution < -0.4 is 5.32 Å². The predicted molar refractivity (Wildman–Crippen MR) is 90.7 cm³/mol. The highest BCUT2D eigenvalue weighted by atomic mass is 32.2. The first-order valence-electron chi connectivity index (χ1n) is 8.22. The van der Waals surface area contributed by atoms with Gasteiger partial charge in [-0.25, -0.2) is 0 Å². The average molecular weight is 333 g/mol. The summed E-state index contributed by atoms with van der Waals surface area (Å²) in [5, 5.41) is 2.95. The summed E-state index contributed by atoms with van der Waals surface area (Å²) in [4.78, 5) is 31.1. The molecule has 2 heterocycles. The second-order valence-corrected chi connectivity index (χ2v) is 7.33. The summed E-state index contributed by atoms with van der Waals surface area (Å²) >= 11 is 1.66. The molecule has 0 radical (unpaired) electrons. The highest BCUT2D eigenvalue weighted by Gasteiger charge is 2.38. The fraction of sp³-hybridized carbons (Fsp3) is 0.588. The van der Waals surface area contributed by atoms with Gasteiger partial charge in [-0.2, -0.15) is 0 Å². The molecule has 1 saturated carbocycles. The second-order valence-electron chi connectivity index (χ2n) is 6.33. The van der Waals surface area contributed by atoms with Crippen LogP contribution in [0.2, 0.25) is 0 Å². The number of rotatable bonds is 4. The van der Waals surface area contributed by atoms with Gasteiger partial charge in [0.25, 0.3) is 0 Å². The lowest BCUT2D eigenvalue weighted by Crippen LogP contribution is -2.48. The van der Waals surface area contributed by atoms with Crippen molar-refractivity contribution in [3.63, 3.8) is 0 Å². The van der Waals surface area contributed by atoms with Crippen LogP contribution in [0.15, 0.2) is 18.3 Å². The van der Waals surface area contributed by atoms with E-state index in [0.717, 1.165) is 36.9 Å². The number of carbonyl (C=O) groups is 2. The Bertz CT molecular complexity index is 570. The number of aryl methyl sites for hydroxylation is 1. The summed E-state index contributed by atoms with van der Waals surface area (Å²) in [5.41, 5.74) is 1.93. The van der Waals surface area contributed by atoms with Crippen molar-refractivity contribution < 1.29 is 9.59 Å². The van der Waals surface area contributed by atoms with Crippen LogP contribution in [0.25, 0.3) is 0 Å². The average Bonchev–Trinajstić information content (AvgIpc) is 3.24. The zero-order valence-electron chi connectivity index (χ0n) is 13.5. The van der Waals surface area contributed by atoms with E-state index in [1.807, 2.05) is 19.1 Å². The van der Waals surface area contributed by atoms with Crippen LogP contribution in [0.5, 0.6) is 0 Å². The molecule has 1 aliphatic heterocycles. The van der Waals surface area contributed by atoms with Gasteiger partial charge < -0.3 is 10.2 Å². The molecule has 1 aliphatic carbocycles. The van der Waals surface area contributed by atoms with Crippen molar-refractivity contribution in [1.29, 1.82) is 0 Å². The Hall–Kier alpha value is -1.56. The molecular weight excluding hydrogens is 310 g/mol. The molecule has 2 aliphatic rings. The number of aromatic nitrogens is 1. The summed E-state index contributed by atoms with van der Waals surface area (Å²) in [7, 11) is 0. The Morgan fingerprint density at radius 2 is 2.13 bits per heavy atom. The fourth-order valence-electron chi connectivity index (χ4n) is 3.19. The zero-order chi connectivity index (χ0) is 16.2. The van der Waals surface area contributed by atoms with Gasteiger partial charge >= 0.3 is 0 Å². The first-order chi connectivity index (χ1) is 11.1. The van der Waals surface area contributed by atoms with Crippen molar-refractivity contribution in [2.75, 3.05) is 11.6 Å². The highest BCUT2D eigenvalue weighted by Crippen LogP contribution is 2.30. The van der Waals surface area contributed by atoms with E-state index in [0.29, 0.717) is 18.2 Å². The number of hydrogen-bond donors (Lipinski definition) is 1. The molecular formula is C17H23N3O2S. The SMILES string of the molecule is Cc1ccc(CNC(=O)[C@@H]2CSCN2C(=O)C2CCCC2)cn1. The van der Waals surface area contributed by atoms with Gasteiger partial charge in [0.2, 0.25) is 11.8 Å². The van der Waals surface area contributed by atoms with Crippen LogP contribution in [0, 0.1) is 12.8 Å². The van der Waals surface area contributed by atoms with Gasteiger partial charge in [-0.05, 0) is 31.4 Å². The first-order valence-corrected chi connectivity index (χ1v) is 9.38. The van der Waals surface area contributed by atoms with E-state index in [1.165, 1.54) is 0 Å². The summed E-state index contributed by atoms with van der Waals surface area (Å²) in [5.74, 6) is 1.58. The third-order valence-electron chi connectivity index (χ3n) is 4.61. The van der Waals surface area contributed by atoms with Crippen LogP contribution in [0.1, 0.15) is 36.9 Å². The third kappa shape index (κ3) is 3.86. The molecule has 0 aromatic carbocycles. The molecule has 0 unspecified atom stereocenters. The Morgan fingerprint density at radius 1 is 1.35 bits per heavy atom. The molecule has 1 N–H and O–H groups in total. The molecule has 1 aromatic rings. The Morgan fingerprint density at radius 3 is 2.83 bits per heavy atom. The first kappa shape index (κ1) is 16.3. The van der Waals surface area contributed by atoms with Crippen molar-refractivity contribution >= 4 is 23.6 Å². The second kappa shape index (κ2) is 7.34. The number of thioether (sulfide) groups is 1. The van der Waals surface area contributed by atoms with Gasteiger partial charge in [0, 0.05) is 30.1 Å². The van der Waals surface area contributed by atoms with Gasteiger partial charge in [-0.15, -0.1) is 11.8 Å². The Balaban J connectivity index is 1.57. The van der Waals surface area contributed by atoms with Crippen molar-refractivity contribution in [2.24, 2.45) is 5.92 Å². The van der Waals surface area contributed by atoms with E-state index in [1.54, 1.807) is 22.9 Å². The van der Waals surface area contributed by atoms with Crippen molar-refractivity contribution in [1.82, 2.24) is 15.2 Å². The lowest BCUT2D eigenvalue weighted by molar-refractivity contribution is -0.141. The lowest BCUT2D eigenvalue weighted by atomic mass is 10.1. The quantitative estimate of drug-likeness (QED) is 0.916. The topological polar surface area (TPSA) is 62.3 Å². The Kier molecular flexibility index (Phi) is 5.20. The van der Waals surface area contributed by atoms with E-state index in [4.69, 9.17) is 0 Å². The molecule has 0 bridgehead atoms. The van der Waals surface area contributed by atoms with Gasteiger partial charge in [0.15, 0.2) is 0 Å². The van der Waals surface area contributed by atoms with E-state index >= 15 is 0 Å². The minimum atomic E-state index is -0.327. The molecule has 0 spiro atoms. The van der Waals surface area contributed by atoms with Crippen molar-refractivity contribution in [2.45, 2.75) is 45.2 Å². The number of hydrogen-bond acceptors (Lipinski definition) is 4. The number of pyridine rings is 1. The maximum absolute atomic E-state index is 12.6. The highest BCUT2D eigenvalue weighted by molar-refractivity contribution is 7.99. The molecule has 2 amide bonds. The minimum Gasteiger partial charge on any atom is -0.350 e. The smallest absolute Gasteiger partial charge is 0.243 e. The number of nitrogens with zero attached hydrogens (tertiary/aromatic N) is 2. The van der Waals surface area contributed by atoms with Crippen LogP contribution in [-0.4, -0.2) is 39.4 Å². The van der Waals surface area contributed by atoms with Crippen molar-refractivity contribution in [3.8, 4) is 0 Å². The largest absolute Gasteiger partial charge is 0.350 e. The van der Waals surface area contributed by atoms with E-state index < -0.39 is 0 Å². The lowest BCUT2D eigenvalue weighted by Gasteiger charge is -2.25. The van der Waals surface area contributed by atoms with Crippen LogP contribution in [-0.2, 0) is 16.1 Å². The minimum absolute atomic E-state index is 0.0538. The third-order valence-corrected chi connectivity index (χ3v) is 5.62. The van der Waals surface area contributed by atoms with E-state index in [-0.39, 0.29) is 23.8 Å². The van der Waals surface area contributed by atoms with Gasteiger partial charge in [-0.3, -0.25) is 14.6 Å². The standard InChI is InChI=1S/C17H23N3O2S/c1-12-6-7-13(8-18-12)9-19-16(21)15-10-23-11-20(15)17(22)14-4-2-3-5-14/h6-8,14-15H,2-5,9-11H2,1H3,(H,19,21)/t15-/m0/s1. The monoisotopic (exact) mass is 333 g/mol. The number of nitrogens with one attached hydrogen (secondary N) is 1. The fourth-order valence-corrected chi connectivity index (χ4v) is 4.36. The van der Waals surface area contributed by atoms with Gasteiger partial charge in [0.1, 0.15) is 6.04 Å². The van der Waals surface area contributed by atoms with Gasteiger partial charge in [-0.1, -0.05) is 18.9 Å². The molecule has 23 heavy (non-hydrogen) atoms. The van der Waals surface area contributed by atoms with E-state index in [9.17, 15) is 9.59 Å². The predicted octanol–water partition coefficient (Wildman–Crippen LogP) is 2.10.